The molecule has 128 valence electrons. The van der Waals surface area contributed by atoms with E-state index in [1.54, 1.807) is 0 Å². The third kappa shape index (κ3) is 4.47. The Balaban J connectivity index is 2.24. The predicted octanol–water partition coefficient (Wildman–Crippen LogP) is -0.0572. The van der Waals surface area contributed by atoms with E-state index in [-0.39, 0.29) is 23.7 Å². The minimum atomic E-state index is -3.47. The van der Waals surface area contributed by atoms with Gasteiger partial charge in [-0.05, 0) is 38.1 Å². The van der Waals surface area contributed by atoms with E-state index in [9.17, 15) is 17.6 Å². The predicted molar refractivity (Wildman–Crippen MR) is 84.3 cm³/mol. The Morgan fingerprint density at radius 1 is 1.43 bits per heavy atom. The average molecular weight is 344 g/mol. The average Bonchev–Trinajstić information content (AvgIpc) is 2.52. The second-order valence-electron chi connectivity index (χ2n) is 5.57. The van der Waals surface area contributed by atoms with E-state index in [2.05, 4.69) is 5.32 Å². The first kappa shape index (κ1) is 17.8. The molecule has 0 aliphatic carbocycles. The molecule has 1 aromatic rings. The molecule has 1 aromatic carbocycles. The number of piperidine rings is 1. The zero-order valence-electron chi connectivity index (χ0n) is 12.9. The van der Waals surface area contributed by atoms with Crippen molar-refractivity contribution >= 4 is 15.9 Å². The Labute approximate surface area is 135 Å². The minimum absolute atomic E-state index is 0.0557. The van der Waals surface area contributed by atoms with Gasteiger partial charge in [-0.3, -0.25) is 10.2 Å². The second-order valence-corrected chi connectivity index (χ2v) is 7.50. The first-order valence-electron chi connectivity index (χ1n) is 7.30. The van der Waals surface area contributed by atoms with Crippen LogP contribution >= 0.6 is 0 Å². The van der Waals surface area contributed by atoms with E-state index >= 15 is 0 Å². The van der Waals surface area contributed by atoms with Gasteiger partial charge in [0.1, 0.15) is 5.82 Å². The van der Waals surface area contributed by atoms with Gasteiger partial charge in [-0.15, -0.1) is 0 Å². The SMILES string of the molecule is CS(=O)(=O)N(Cc1ccc(C(=O)NN)cc1F)C1CCNCC1. The van der Waals surface area contributed by atoms with E-state index in [1.165, 1.54) is 16.4 Å². The third-order valence-electron chi connectivity index (χ3n) is 3.91. The van der Waals surface area contributed by atoms with Crippen LogP contribution in [0.4, 0.5) is 4.39 Å². The number of halogens is 1. The van der Waals surface area contributed by atoms with Crippen LogP contribution in [0.2, 0.25) is 0 Å². The number of hydrogen-bond acceptors (Lipinski definition) is 5. The van der Waals surface area contributed by atoms with Gasteiger partial charge in [-0.2, -0.15) is 4.31 Å². The van der Waals surface area contributed by atoms with Gasteiger partial charge in [-0.1, -0.05) is 6.07 Å². The quantitative estimate of drug-likeness (QED) is 0.394. The van der Waals surface area contributed by atoms with Crippen LogP contribution in [0.1, 0.15) is 28.8 Å². The molecule has 23 heavy (non-hydrogen) atoms. The monoisotopic (exact) mass is 344 g/mol. The summed E-state index contributed by atoms with van der Waals surface area (Å²) in [6.07, 6.45) is 2.49. The summed E-state index contributed by atoms with van der Waals surface area (Å²) in [6.45, 7) is 1.41. The summed E-state index contributed by atoms with van der Waals surface area (Å²) in [5, 5.41) is 3.17. The molecule has 0 unspecified atom stereocenters. The smallest absolute Gasteiger partial charge is 0.265 e. The fourth-order valence-corrected chi connectivity index (χ4v) is 3.81. The summed E-state index contributed by atoms with van der Waals surface area (Å²) in [7, 11) is -3.47. The minimum Gasteiger partial charge on any atom is -0.317 e. The normalized spacial score (nSPS) is 16.5. The number of nitrogens with two attached hydrogens (primary N) is 1. The third-order valence-corrected chi connectivity index (χ3v) is 5.19. The number of carbonyl (C=O) groups excluding carboxylic acids is 1. The van der Waals surface area contributed by atoms with E-state index in [0.29, 0.717) is 12.8 Å². The Bertz CT molecular complexity index is 675. The van der Waals surface area contributed by atoms with Gasteiger partial charge in [0.15, 0.2) is 0 Å². The van der Waals surface area contributed by atoms with Crippen LogP contribution in [-0.2, 0) is 16.6 Å². The van der Waals surface area contributed by atoms with E-state index in [0.717, 1.165) is 25.4 Å². The molecule has 1 amide bonds. The molecule has 1 saturated heterocycles. The van der Waals surface area contributed by atoms with Gasteiger partial charge in [0.05, 0.1) is 6.26 Å². The van der Waals surface area contributed by atoms with Crippen LogP contribution in [0.3, 0.4) is 0 Å². The lowest BCUT2D eigenvalue weighted by Gasteiger charge is -2.32. The summed E-state index contributed by atoms with van der Waals surface area (Å²) >= 11 is 0. The molecule has 0 atom stereocenters. The molecule has 0 aromatic heterocycles. The lowest BCUT2D eigenvalue weighted by Crippen LogP contribution is -2.45. The molecule has 1 aliphatic heterocycles. The van der Waals surface area contributed by atoms with E-state index in [1.807, 2.05) is 5.43 Å². The molecule has 0 spiro atoms. The molecule has 1 fully saturated rings. The number of benzene rings is 1. The number of sulfonamides is 1. The Kier molecular flexibility index (Phi) is 5.69. The highest BCUT2D eigenvalue weighted by Crippen LogP contribution is 2.21. The number of nitrogen functional groups attached to an aromatic ring is 1. The molecular weight excluding hydrogens is 323 g/mol. The Hall–Kier alpha value is -1.55. The highest BCUT2D eigenvalue weighted by atomic mass is 32.2. The van der Waals surface area contributed by atoms with Crippen LogP contribution in [0.15, 0.2) is 18.2 Å². The first-order chi connectivity index (χ1) is 10.8. The topological polar surface area (TPSA) is 105 Å². The second kappa shape index (κ2) is 7.35. The summed E-state index contributed by atoms with van der Waals surface area (Å²) < 4.78 is 39.7. The van der Waals surface area contributed by atoms with Crippen molar-refractivity contribution in [3.05, 3.63) is 35.1 Å². The molecule has 4 N–H and O–H groups in total. The van der Waals surface area contributed by atoms with Crippen molar-refractivity contribution in [1.29, 1.82) is 0 Å². The van der Waals surface area contributed by atoms with E-state index < -0.39 is 21.7 Å². The standard InChI is InChI=1S/C14H21FN4O3S/c1-23(21,22)19(12-4-6-17-7-5-12)9-11-3-2-10(8-13(11)15)14(20)18-16/h2-3,8,12,17H,4-7,9,16H2,1H3,(H,18,20). The van der Waals surface area contributed by atoms with Crippen molar-refractivity contribution in [1.82, 2.24) is 15.0 Å². The summed E-state index contributed by atoms with van der Waals surface area (Å²) in [5.74, 6) is 3.78. The van der Waals surface area contributed by atoms with Gasteiger partial charge in [-0.25, -0.2) is 18.7 Å². The maximum atomic E-state index is 14.2. The maximum absolute atomic E-state index is 14.2. The lowest BCUT2D eigenvalue weighted by molar-refractivity contribution is 0.0953. The van der Waals surface area contributed by atoms with Gasteiger partial charge in [0.25, 0.3) is 5.91 Å². The van der Waals surface area contributed by atoms with Gasteiger partial charge < -0.3 is 5.32 Å². The molecule has 0 bridgehead atoms. The summed E-state index contributed by atoms with van der Waals surface area (Å²) in [6, 6.07) is 3.74. The summed E-state index contributed by atoms with van der Waals surface area (Å²) in [4.78, 5) is 11.4. The van der Waals surface area contributed by atoms with Crippen molar-refractivity contribution in [2.24, 2.45) is 5.84 Å². The first-order valence-corrected chi connectivity index (χ1v) is 9.14. The van der Waals surface area contributed by atoms with Crippen molar-refractivity contribution in [2.75, 3.05) is 19.3 Å². The van der Waals surface area contributed by atoms with E-state index in [4.69, 9.17) is 5.84 Å². The highest BCUT2D eigenvalue weighted by Gasteiger charge is 2.28. The fraction of sp³-hybridized carbons (Fsp3) is 0.500. The number of rotatable bonds is 5. The van der Waals surface area contributed by atoms with Crippen molar-refractivity contribution < 1.29 is 17.6 Å². The Morgan fingerprint density at radius 2 is 2.09 bits per heavy atom. The number of amides is 1. The Morgan fingerprint density at radius 3 is 2.61 bits per heavy atom. The largest absolute Gasteiger partial charge is 0.317 e. The fourth-order valence-electron chi connectivity index (χ4n) is 2.68. The maximum Gasteiger partial charge on any atom is 0.265 e. The van der Waals surface area contributed by atoms with Gasteiger partial charge in [0.2, 0.25) is 10.0 Å². The number of nitrogens with one attached hydrogen (secondary N) is 2. The molecule has 7 nitrogen and oxygen atoms in total. The van der Waals surface area contributed by atoms with Gasteiger partial charge >= 0.3 is 0 Å². The number of nitrogens with zero attached hydrogens (tertiary/aromatic N) is 1. The van der Waals surface area contributed by atoms with Crippen LogP contribution in [0.25, 0.3) is 0 Å². The number of hydrazine groups is 1. The zero-order valence-corrected chi connectivity index (χ0v) is 13.7. The molecular formula is C14H21FN4O3S. The molecule has 1 aliphatic rings. The van der Waals surface area contributed by atoms with Crippen molar-refractivity contribution in [3.8, 4) is 0 Å². The molecule has 1 heterocycles. The molecule has 9 heteroatoms. The lowest BCUT2D eigenvalue weighted by atomic mass is 10.1. The molecule has 0 saturated carbocycles. The van der Waals surface area contributed by atoms with Crippen LogP contribution in [0.5, 0.6) is 0 Å². The molecule has 2 rings (SSSR count). The van der Waals surface area contributed by atoms with Crippen molar-refractivity contribution in [2.45, 2.75) is 25.4 Å². The zero-order chi connectivity index (χ0) is 17.0. The van der Waals surface area contributed by atoms with Crippen LogP contribution < -0.4 is 16.6 Å². The van der Waals surface area contributed by atoms with Crippen molar-refractivity contribution in [3.63, 3.8) is 0 Å². The number of carbonyl (C=O) groups is 1. The number of hydrogen-bond donors (Lipinski definition) is 3. The summed E-state index contributed by atoms with van der Waals surface area (Å²) in [5.41, 5.74) is 2.24. The highest BCUT2D eigenvalue weighted by molar-refractivity contribution is 7.88. The van der Waals surface area contributed by atoms with Crippen LogP contribution in [-0.4, -0.2) is 44.0 Å². The molecule has 0 radical (unpaired) electrons. The van der Waals surface area contributed by atoms with Gasteiger partial charge in [0, 0.05) is 23.7 Å². The van der Waals surface area contributed by atoms with Crippen LogP contribution in [0, 0.1) is 5.82 Å².